The zero-order valence-corrected chi connectivity index (χ0v) is 19.1. The van der Waals surface area contributed by atoms with E-state index in [1.54, 1.807) is 35.0 Å². The van der Waals surface area contributed by atoms with Crippen LogP contribution in [0.1, 0.15) is 50.8 Å². The molecule has 1 fully saturated rings. The Morgan fingerprint density at radius 2 is 1.75 bits per heavy atom. The second kappa shape index (κ2) is 10.0. The van der Waals surface area contributed by atoms with Gasteiger partial charge in [-0.05, 0) is 45.2 Å². The van der Waals surface area contributed by atoms with Gasteiger partial charge in [-0.15, -0.1) is 0 Å². The van der Waals surface area contributed by atoms with Crippen LogP contribution in [0.4, 0.5) is 14.0 Å². The molecule has 2 aromatic rings. The van der Waals surface area contributed by atoms with Gasteiger partial charge < -0.3 is 19.3 Å². The van der Waals surface area contributed by atoms with Crippen LogP contribution in [0.2, 0.25) is 0 Å². The van der Waals surface area contributed by atoms with E-state index in [4.69, 9.17) is 9.47 Å². The summed E-state index contributed by atoms with van der Waals surface area (Å²) in [5, 5.41) is 0. The topological polar surface area (TPSA) is 59.1 Å². The third-order valence-electron chi connectivity index (χ3n) is 5.51. The molecule has 0 saturated carbocycles. The zero-order chi connectivity index (χ0) is 23.3. The lowest BCUT2D eigenvalue weighted by molar-refractivity contribution is 0.00720. The van der Waals surface area contributed by atoms with E-state index in [1.807, 2.05) is 51.1 Å². The number of benzene rings is 2. The van der Waals surface area contributed by atoms with E-state index in [0.29, 0.717) is 24.9 Å². The van der Waals surface area contributed by atoms with Crippen molar-refractivity contribution in [3.05, 3.63) is 71.5 Å². The summed E-state index contributed by atoms with van der Waals surface area (Å²) >= 11 is 0. The standard InChI is InChI=1S/C25H31FN2O4/c1-25(2,3)32-23(29)27(4)19-14-15-28(22(16-19)20-12-8-9-13-21(20)26)24(30)31-17-18-10-6-5-7-11-18/h5-13,19,22H,14-17H2,1-4H3/t19-,22+/m0/s1. The first-order valence-electron chi connectivity index (χ1n) is 10.8. The van der Waals surface area contributed by atoms with Crippen molar-refractivity contribution in [2.45, 2.75) is 57.9 Å². The molecule has 2 amide bonds. The number of likely N-dealkylation sites (tertiary alicyclic amines) is 1. The van der Waals surface area contributed by atoms with Crippen LogP contribution in [0, 0.1) is 5.82 Å². The van der Waals surface area contributed by atoms with Crippen molar-refractivity contribution in [3.63, 3.8) is 0 Å². The highest BCUT2D eigenvalue weighted by molar-refractivity contribution is 5.70. The molecule has 1 aliphatic heterocycles. The monoisotopic (exact) mass is 442 g/mol. The Morgan fingerprint density at radius 1 is 1.09 bits per heavy atom. The molecule has 32 heavy (non-hydrogen) atoms. The van der Waals surface area contributed by atoms with Crippen molar-refractivity contribution in [3.8, 4) is 0 Å². The summed E-state index contributed by atoms with van der Waals surface area (Å²) in [7, 11) is 1.68. The van der Waals surface area contributed by atoms with E-state index in [1.165, 1.54) is 6.07 Å². The third-order valence-corrected chi connectivity index (χ3v) is 5.51. The molecule has 1 aliphatic rings. The molecule has 0 radical (unpaired) electrons. The molecule has 0 aromatic heterocycles. The van der Waals surface area contributed by atoms with Crippen LogP contribution in [-0.4, -0.2) is 47.2 Å². The molecule has 0 bridgehead atoms. The van der Waals surface area contributed by atoms with Gasteiger partial charge in [0.2, 0.25) is 0 Å². The minimum Gasteiger partial charge on any atom is -0.445 e. The van der Waals surface area contributed by atoms with Crippen LogP contribution >= 0.6 is 0 Å². The molecule has 172 valence electrons. The number of piperidine rings is 1. The van der Waals surface area contributed by atoms with Crippen LogP contribution in [0.5, 0.6) is 0 Å². The second-order valence-corrected chi connectivity index (χ2v) is 9.04. The number of carbonyl (C=O) groups excluding carboxylic acids is 2. The molecule has 1 saturated heterocycles. The first-order valence-corrected chi connectivity index (χ1v) is 10.8. The van der Waals surface area contributed by atoms with E-state index in [9.17, 15) is 14.0 Å². The Kier molecular flexibility index (Phi) is 7.38. The Labute approximate surface area is 188 Å². The van der Waals surface area contributed by atoms with E-state index in [0.717, 1.165) is 5.56 Å². The Hall–Kier alpha value is -3.09. The lowest BCUT2D eigenvalue weighted by Crippen LogP contribution is -2.50. The molecule has 1 heterocycles. The molecular weight excluding hydrogens is 411 g/mol. The second-order valence-electron chi connectivity index (χ2n) is 9.04. The summed E-state index contributed by atoms with van der Waals surface area (Å²) in [5.74, 6) is -0.390. The average Bonchev–Trinajstić information content (AvgIpc) is 2.76. The fourth-order valence-corrected chi connectivity index (χ4v) is 3.84. The smallest absolute Gasteiger partial charge is 0.410 e. The quantitative estimate of drug-likeness (QED) is 0.624. The van der Waals surface area contributed by atoms with E-state index >= 15 is 0 Å². The number of nitrogens with zero attached hydrogens (tertiary/aromatic N) is 2. The predicted molar refractivity (Wildman–Crippen MR) is 119 cm³/mol. The Bertz CT molecular complexity index is 929. The van der Waals surface area contributed by atoms with E-state index < -0.39 is 23.8 Å². The van der Waals surface area contributed by atoms with E-state index in [-0.39, 0.29) is 18.5 Å². The number of halogens is 1. The van der Waals surface area contributed by atoms with Gasteiger partial charge in [-0.1, -0.05) is 48.5 Å². The number of rotatable bonds is 4. The third kappa shape index (κ3) is 5.99. The van der Waals surface area contributed by atoms with Crippen LogP contribution in [0.3, 0.4) is 0 Å². The molecule has 6 nitrogen and oxygen atoms in total. The molecule has 3 rings (SSSR count). The SMILES string of the molecule is CN(C(=O)OC(C)(C)C)[C@H]1CCN(C(=O)OCc2ccccc2)[C@@H](c2ccccc2F)C1. The van der Waals surface area contributed by atoms with Crippen molar-refractivity contribution in [1.29, 1.82) is 0 Å². The maximum Gasteiger partial charge on any atom is 0.410 e. The minimum atomic E-state index is -0.613. The van der Waals surface area contributed by atoms with Crippen molar-refractivity contribution >= 4 is 12.2 Å². The first kappa shape index (κ1) is 23.6. The van der Waals surface area contributed by atoms with Gasteiger partial charge in [-0.3, -0.25) is 0 Å². The molecule has 2 atom stereocenters. The highest BCUT2D eigenvalue weighted by atomic mass is 19.1. The summed E-state index contributed by atoms with van der Waals surface area (Å²) in [6.45, 7) is 5.91. The van der Waals surface area contributed by atoms with Crippen molar-refractivity contribution in [1.82, 2.24) is 9.80 Å². The maximum absolute atomic E-state index is 14.7. The number of hydrogen-bond donors (Lipinski definition) is 0. The lowest BCUT2D eigenvalue weighted by Gasteiger charge is -2.42. The summed E-state index contributed by atoms with van der Waals surface area (Å²) < 4.78 is 25.7. The maximum atomic E-state index is 14.7. The number of carbonyl (C=O) groups is 2. The summed E-state index contributed by atoms with van der Waals surface area (Å²) in [6, 6.07) is 15.1. The highest BCUT2D eigenvalue weighted by Gasteiger charge is 2.38. The van der Waals surface area contributed by atoms with Crippen LogP contribution in [0.15, 0.2) is 54.6 Å². The van der Waals surface area contributed by atoms with Gasteiger partial charge in [0.05, 0.1) is 6.04 Å². The van der Waals surface area contributed by atoms with Gasteiger partial charge in [-0.25, -0.2) is 14.0 Å². The molecule has 2 aromatic carbocycles. The first-order chi connectivity index (χ1) is 15.2. The average molecular weight is 443 g/mol. The Morgan fingerprint density at radius 3 is 2.41 bits per heavy atom. The van der Waals surface area contributed by atoms with Gasteiger partial charge in [0.15, 0.2) is 0 Å². The van der Waals surface area contributed by atoms with Crippen LogP contribution < -0.4 is 0 Å². The van der Waals surface area contributed by atoms with Gasteiger partial charge in [0, 0.05) is 25.2 Å². The largest absolute Gasteiger partial charge is 0.445 e. The number of ether oxygens (including phenoxy) is 2. The number of amides is 2. The van der Waals surface area contributed by atoms with Gasteiger partial charge >= 0.3 is 12.2 Å². The molecule has 0 N–H and O–H groups in total. The summed E-state index contributed by atoms with van der Waals surface area (Å²) in [6.07, 6.45) is -0.00603. The zero-order valence-electron chi connectivity index (χ0n) is 19.1. The molecule has 0 unspecified atom stereocenters. The van der Waals surface area contributed by atoms with Crippen molar-refractivity contribution in [2.75, 3.05) is 13.6 Å². The highest BCUT2D eigenvalue weighted by Crippen LogP contribution is 2.35. The lowest BCUT2D eigenvalue weighted by atomic mass is 9.91. The summed E-state index contributed by atoms with van der Waals surface area (Å²) in [5.41, 5.74) is 0.674. The predicted octanol–water partition coefficient (Wildman–Crippen LogP) is 5.53. The normalized spacial score (nSPS) is 18.7. The molecule has 0 aliphatic carbocycles. The van der Waals surface area contributed by atoms with Crippen molar-refractivity contribution < 1.29 is 23.5 Å². The molecule has 0 spiro atoms. The number of hydrogen-bond acceptors (Lipinski definition) is 4. The Balaban J connectivity index is 1.77. The van der Waals surface area contributed by atoms with Gasteiger partial charge in [0.1, 0.15) is 18.0 Å². The van der Waals surface area contributed by atoms with E-state index in [2.05, 4.69) is 0 Å². The fraction of sp³-hybridized carbons (Fsp3) is 0.440. The summed E-state index contributed by atoms with van der Waals surface area (Å²) in [4.78, 5) is 28.6. The van der Waals surface area contributed by atoms with Crippen LogP contribution in [0.25, 0.3) is 0 Å². The molecular formula is C25H31FN2O4. The van der Waals surface area contributed by atoms with Crippen molar-refractivity contribution in [2.24, 2.45) is 0 Å². The van der Waals surface area contributed by atoms with Gasteiger partial charge in [-0.2, -0.15) is 0 Å². The fourth-order valence-electron chi connectivity index (χ4n) is 3.84. The minimum absolute atomic E-state index is 0.140. The van der Waals surface area contributed by atoms with Crippen LogP contribution in [-0.2, 0) is 16.1 Å². The molecule has 7 heteroatoms. The van der Waals surface area contributed by atoms with Gasteiger partial charge in [0.25, 0.3) is 0 Å².